The highest BCUT2D eigenvalue weighted by atomic mass is 79.9. The number of hydrogen-bond donors (Lipinski definition) is 1. The van der Waals surface area contributed by atoms with E-state index in [1.54, 1.807) is 12.3 Å². The van der Waals surface area contributed by atoms with Crippen molar-refractivity contribution in [3.63, 3.8) is 0 Å². The lowest BCUT2D eigenvalue weighted by Crippen LogP contribution is -2.29. The number of sulfonamides is 1. The number of benzene rings is 1. The second-order valence-electron chi connectivity index (χ2n) is 6.08. The van der Waals surface area contributed by atoms with Crippen LogP contribution in [0.2, 0.25) is 0 Å². The number of aromatic nitrogens is 1. The average molecular weight is 438 g/mol. The quantitative estimate of drug-likeness (QED) is 0.752. The molecule has 0 atom stereocenters. The Labute approximate surface area is 161 Å². The maximum absolute atomic E-state index is 12.7. The van der Waals surface area contributed by atoms with E-state index in [4.69, 9.17) is 0 Å². The molecule has 0 bridgehead atoms. The van der Waals surface area contributed by atoms with E-state index in [0.717, 1.165) is 18.5 Å². The van der Waals surface area contributed by atoms with E-state index in [-0.39, 0.29) is 10.8 Å². The number of carbonyl (C=O) groups is 1. The Balaban J connectivity index is 1.71. The molecule has 2 aromatic rings. The number of nitrogens with one attached hydrogen (secondary N) is 1. The van der Waals surface area contributed by atoms with Crippen LogP contribution in [0.1, 0.15) is 28.9 Å². The van der Waals surface area contributed by atoms with Crippen LogP contribution in [0.3, 0.4) is 0 Å². The average Bonchev–Trinajstić information content (AvgIpc) is 3.18. The Kier molecular flexibility index (Phi) is 6.05. The summed E-state index contributed by atoms with van der Waals surface area (Å²) >= 11 is 3.34. The maximum atomic E-state index is 12.7. The lowest BCUT2D eigenvalue weighted by Gasteiger charge is -2.16. The molecule has 1 N–H and O–H groups in total. The fraction of sp³-hybridized carbons (Fsp3) is 0.333. The molecule has 0 spiro atoms. The van der Waals surface area contributed by atoms with Gasteiger partial charge in [0.25, 0.3) is 5.91 Å². The van der Waals surface area contributed by atoms with Gasteiger partial charge >= 0.3 is 0 Å². The molecule has 1 fully saturated rings. The lowest BCUT2D eigenvalue weighted by atomic mass is 10.2. The molecular formula is C18H20BrN3O3S. The summed E-state index contributed by atoms with van der Waals surface area (Å²) in [5.41, 5.74) is 1.20. The maximum Gasteiger partial charge on any atom is 0.252 e. The summed E-state index contributed by atoms with van der Waals surface area (Å²) in [7, 11) is -3.55. The highest BCUT2D eigenvalue weighted by molar-refractivity contribution is 9.10. The molecule has 1 aromatic carbocycles. The van der Waals surface area contributed by atoms with E-state index in [9.17, 15) is 13.2 Å². The van der Waals surface area contributed by atoms with Crippen molar-refractivity contribution in [1.29, 1.82) is 0 Å². The molecule has 6 nitrogen and oxygen atoms in total. The number of carbonyl (C=O) groups excluding carboxylic acids is 1. The van der Waals surface area contributed by atoms with Gasteiger partial charge in [-0.1, -0.05) is 6.07 Å². The van der Waals surface area contributed by atoms with Crippen LogP contribution in [0, 0.1) is 0 Å². The summed E-state index contributed by atoms with van der Waals surface area (Å²) in [4.78, 5) is 16.8. The second-order valence-corrected chi connectivity index (χ2v) is 8.87. The fourth-order valence-electron chi connectivity index (χ4n) is 2.86. The van der Waals surface area contributed by atoms with Crippen molar-refractivity contribution in [1.82, 2.24) is 14.6 Å². The van der Waals surface area contributed by atoms with Crippen molar-refractivity contribution in [3.8, 4) is 0 Å². The van der Waals surface area contributed by atoms with Gasteiger partial charge in [0.05, 0.1) is 10.5 Å². The van der Waals surface area contributed by atoms with Crippen LogP contribution >= 0.6 is 15.9 Å². The highest BCUT2D eigenvalue weighted by Gasteiger charge is 2.28. The molecule has 1 aliphatic rings. The Morgan fingerprint density at radius 1 is 1.19 bits per heavy atom. The van der Waals surface area contributed by atoms with E-state index >= 15 is 0 Å². The number of hydrogen-bond acceptors (Lipinski definition) is 4. The Hall–Kier alpha value is -1.77. The number of pyridine rings is 1. The largest absolute Gasteiger partial charge is 0.352 e. The topological polar surface area (TPSA) is 79.4 Å². The zero-order chi connectivity index (χ0) is 18.6. The minimum atomic E-state index is -3.55. The smallest absolute Gasteiger partial charge is 0.252 e. The van der Waals surface area contributed by atoms with Gasteiger partial charge in [0, 0.05) is 42.4 Å². The molecule has 2 heterocycles. The van der Waals surface area contributed by atoms with Gasteiger partial charge in [0.15, 0.2) is 0 Å². The van der Waals surface area contributed by atoms with Crippen molar-refractivity contribution in [2.24, 2.45) is 0 Å². The molecule has 0 aliphatic carbocycles. The monoisotopic (exact) mass is 437 g/mol. The number of nitrogens with zero attached hydrogens (tertiary/aromatic N) is 2. The van der Waals surface area contributed by atoms with Crippen LogP contribution < -0.4 is 5.32 Å². The molecule has 0 unspecified atom stereocenters. The first-order valence-electron chi connectivity index (χ1n) is 8.46. The molecule has 26 heavy (non-hydrogen) atoms. The summed E-state index contributed by atoms with van der Waals surface area (Å²) in [6.07, 6.45) is 4.06. The van der Waals surface area contributed by atoms with Gasteiger partial charge in [-0.15, -0.1) is 0 Å². The lowest BCUT2D eigenvalue weighted by molar-refractivity contribution is 0.0953. The zero-order valence-corrected chi connectivity index (χ0v) is 16.6. The number of halogens is 1. The van der Waals surface area contributed by atoms with Crippen molar-refractivity contribution in [3.05, 3.63) is 58.3 Å². The van der Waals surface area contributed by atoms with Crippen LogP contribution in [0.4, 0.5) is 0 Å². The minimum Gasteiger partial charge on any atom is -0.352 e. The normalized spacial score (nSPS) is 15.1. The molecule has 1 aromatic heterocycles. The van der Waals surface area contributed by atoms with Crippen molar-refractivity contribution >= 4 is 31.9 Å². The molecule has 0 saturated carbocycles. The van der Waals surface area contributed by atoms with Crippen LogP contribution in [-0.2, 0) is 16.4 Å². The molecule has 138 valence electrons. The third kappa shape index (κ3) is 4.31. The van der Waals surface area contributed by atoms with Crippen LogP contribution in [0.15, 0.2) is 52.0 Å². The molecule has 3 rings (SSSR count). The van der Waals surface area contributed by atoms with Crippen LogP contribution in [0.25, 0.3) is 0 Å². The first-order valence-corrected chi connectivity index (χ1v) is 10.7. The van der Waals surface area contributed by atoms with Gasteiger partial charge in [0.1, 0.15) is 0 Å². The predicted octanol–water partition coefficient (Wildman–Crippen LogP) is 2.60. The van der Waals surface area contributed by atoms with E-state index in [0.29, 0.717) is 36.1 Å². The second kappa shape index (κ2) is 8.28. The Bertz CT molecular complexity index is 882. The summed E-state index contributed by atoms with van der Waals surface area (Å²) in [5.74, 6) is -0.314. The third-order valence-corrected chi connectivity index (χ3v) is 6.86. The van der Waals surface area contributed by atoms with E-state index < -0.39 is 10.0 Å². The molecular weight excluding hydrogens is 418 g/mol. The van der Waals surface area contributed by atoms with Crippen molar-refractivity contribution in [2.45, 2.75) is 24.2 Å². The van der Waals surface area contributed by atoms with E-state index in [1.165, 1.54) is 16.4 Å². The van der Waals surface area contributed by atoms with Gasteiger partial charge in [-0.25, -0.2) is 8.42 Å². The molecule has 1 saturated heterocycles. The highest BCUT2D eigenvalue weighted by Crippen LogP contribution is 2.25. The molecule has 0 radical (unpaired) electrons. The van der Waals surface area contributed by atoms with Crippen LogP contribution in [0.5, 0.6) is 0 Å². The summed E-state index contributed by atoms with van der Waals surface area (Å²) < 4.78 is 27.4. The SMILES string of the molecule is O=C(NCCc1ccccn1)c1cc(S(=O)(=O)N2CCCC2)ccc1Br. The molecule has 1 aliphatic heterocycles. The Morgan fingerprint density at radius 2 is 1.96 bits per heavy atom. The summed E-state index contributed by atoms with van der Waals surface area (Å²) in [6.45, 7) is 1.49. The van der Waals surface area contributed by atoms with Gasteiger partial charge in [-0.2, -0.15) is 4.31 Å². The fourth-order valence-corrected chi connectivity index (χ4v) is 4.83. The third-order valence-electron chi connectivity index (χ3n) is 4.28. The number of amides is 1. The molecule has 8 heteroatoms. The van der Waals surface area contributed by atoms with Gasteiger partial charge < -0.3 is 5.32 Å². The predicted molar refractivity (Wildman–Crippen MR) is 102 cm³/mol. The minimum absolute atomic E-state index is 0.150. The van der Waals surface area contributed by atoms with Crippen LogP contribution in [-0.4, -0.2) is 43.2 Å². The zero-order valence-electron chi connectivity index (χ0n) is 14.2. The standard InChI is InChI=1S/C18H20BrN3O3S/c19-17-7-6-15(26(24,25)22-11-3-4-12-22)13-16(17)18(23)21-10-8-14-5-1-2-9-20-14/h1-2,5-7,9,13H,3-4,8,10-12H2,(H,21,23). The van der Waals surface area contributed by atoms with Gasteiger partial charge in [-0.3, -0.25) is 9.78 Å². The van der Waals surface area contributed by atoms with Gasteiger partial charge in [0.2, 0.25) is 10.0 Å². The Morgan fingerprint density at radius 3 is 2.65 bits per heavy atom. The van der Waals surface area contributed by atoms with E-state index in [2.05, 4.69) is 26.2 Å². The number of rotatable bonds is 6. The van der Waals surface area contributed by atoms with Crippen molar-refractivity contribution in [2.75, 3.05) is 19.6 Å². The molecule has 1 amide bonds. The van der Waals surface area contributed by atoms with Gasteiger partial charge in [-0.05, 0) is 59.1 Å². The van der Waals surface area contributed by atoms with Crippen molar-refractivity contribution < 1.29 is 13.2 Å². The summed E-state index contributed by atoms with van der Waals surface area (Å²) in [5, 5.41) is 2.82. The first-order chi connectivity index (χ1) is 12.5. The summed E-state index contributed by atoms with van der Waals surface area (Å²) in [6, 6.07) is 10.2. The first kappa shape index (κ1) is 19.0. The van der Waals surface area contributed by atoms with E-state index in [1.807, 2.05) is 18.2 Å².